The molecule has 2 aromatic heterocycles. The second-order valence-corrected chi connectivity index (χ2v) is 11.8. The van der Waals surface area contributed by atoms with Crippen molar-refractivity contribution in [2.24, 2.45) is 0 Å². The maximum atomic E-state index is 13.7. The van der Waals surface area contributed by atoms with Gasteiger partial charge < -0.3 is 14.4 Å². The first kappa shape index (κ1) is 15.2. The Morgan fingerprint density at radius 3 is 2.75 bits per heavy atom. The lowest BCUT2D eigenvalue weighted by molar-refractivity contribution is 0.0895. The van der Waals surface area contributed by atoms with Crippen LogP contribution in [-0.4, -0.2) is 34.3 Å². The van der Waals surface area contributed by atoms with Crippen LogP contribution >= 0.6 is 11.6 Å². The van der Waals surface area contributed by atoms with Crippen molar-refractivity contribution in [1.29, 1.82) is 0 Å². The largest absolute Gasteiger partial charge is 0.493 e. The number of aromatic nitrogens is 3. The van der Waals surface area contributed by atoms with Gasteiger partial charge in [0, 0.05) is 20.9 Å². The van der Waals surface area contributed by atoms with Gasteiger partial charge >= 0.3 is 0 Å². The summed E-state index contributed by atoms with van der Waals surface area (Å²) in [6.07, 6.45) is 1.23. The van der Waals surface area contributed by atoms with Gasteiger partial charge in [-0.2, -0.15) is 9.97 Å². The predicted molar refractivity (Wildman–Crippen MR) is 78.3 cm³/mol. The topological polar surface area (TPSA) is 60.2 Å². The van der Waals surface area contributed by atoms with E-state index in [-0.39, 0.29) is 23.0 Å². The van der Waals surface area contributed by atoms with Crippen LogP contribution in [-0.2, 0) is 11.5 Å². The maximum absolute atomic E-state index is 13.7. The Balaban J connectivity index is 2.15. The van der Waals surface area contributed by atoms with Gasteiger partial charge in [-0.15, -0.1) is 0 Å². The summed E-state index contributed by atoms with van der Waals surface area (Å²) in [6.45, 7) is 7.55. The van der Waals surface area contributed by atoms with E-state index in [1.165, 1.54) is 10.8 Å². The highest BCUT2D eigenvalue weighted by Gasteiger charge is 2.17. The molecule has 0 aliphatic heterocycles. The van der Waals surface area contributed by atoms with Crippen LogP contribution in [0.5, 0.6) is 5.88 Å². The van der Waals surface area contributed by atoms with Crippen LogP contribution < -0.4 is 0 Å². The molecule has 0 fully saturated rings. The molecule has 0 bridgehead atoms. The third-order valence-electron chi connectivity index (χ3n) is 2.85. The Morgan fingerprint density at radius 1 is 1.40 bits per heavy atom. The summed E-state index contributed by atoms with van der Waals surface area (Å²) in [4.78, 5) is 7.46. The number of hydrogen-bond donors (Lipinski definition) is 1. The van der Waals surface area contributed by atoms with Gasteiger partial charge in [0.25, 0.3) is 0 Å². The van der Waals surface area contributed by atoms with Crippen molar-refractivity contribution in [3.05, 3.63) is 17.3 Å². The van der Waals surface area contributed by atoms with Crippen LogP contribution in [0.4, 0.5) is 4.39 Å². The van der Waals surface area contributed by atoms with Gasteiger partial charge in [0.15, 0.2) is 11.5 Å². The minimum atomic E-state index is -1.16. The normalized spacial score (nSPS) is 12.2. The van der Waals surface area contributed by atoms with Gasteiger partial charge in [-0.25, -0.2) is 4.39 Å². The van der Waals surface area contributed by atoms with Gasteiger partial charge in [0.2, 0.25) is 11.2 Å². The third-order valence-corrected chi connectivity index (χ3v) is 4.72. The summed E-state index contributed by atoms with van der Waals surface area (Å²) in [5.74, 6) is -1.05. The third kappa shape index (κ3) is 3.47. The van der Waals surface area contributed by atoms with Crippen molar-refractivity contribution in [3.8, 4) is 5.88 Å². The summed E-state index contributed by atoms with van der Waals surface area (Å²) in [5, 5.41) is 9.43. The summed E-state index contributed by atoms with van der Waals surface area (Å²) >= 11 is 5.67. The molecule has 0 amide bonds. The Kier molecular flexibility index (Phi) is 4.31. The Labute approximate surface area is 122 Å². The van der Waals surface area contributed by atoms with Crippen molar-refractivity contribution in [3.63, 3.8) is 0 Å². The molecule has 0 aliphatic rings. The highest BCUT2D eigenvalue weighted by Crippen LogP contribution is 2.27. The number of hydrogen-bond acceptors (Lipinski definition) is 4. The highest BCUT2D eigenvalue weighted by atomic mass is 35.5. The molecule has 2 rings (SSSR count). The average molecular weight is 318 g/mol. The zero-order valence-corrected chi connectivity index (χ0v) is 13.4. The quantitative estimate of drug-likeness (QED) is 0.522. The lowest BCUT2D eigenvalue weighted by Gasteiger charge is -2.15. The van der Waals surface area contributed by atoms with Gasteiger partial charge in [-0.05, 0) is 17.6 Å². The lowest BCUT2D eigenvalue weighted by atomic mass is 10.4. The molecule has 0 unspecified atom stereocenters. The fraction of sp³-hybridized carbons (Fsp3) is 0.500. The monoisotopic (exact) mass is 317 g/mol. The van der Waals surface area contributed by atoms with Crippen LogP contribution in [0.2, 0.25) is 31.0 Å². The van der Waals surface area contributed by atoms with E-state index in [0.717, 1.165) is 6.04 Å². The maximum Gasteiger partial charge on any atom is 0.227 e. The Hall–Kier alpha value is -1.18. The molecule has 0 aromatic carbocycles. The molecule has 110 valence electrons. The molecule has 2 heterocycles. The van der Waals surface area contributed by atoms with Gasteiger partial charge in [-0.3, -0.25) is 0 Å². The smallest absolute Gasteiger partial charge is 0.227 e. The Bertz CT molecular complexity index is 627. The van der Waals surface area contributed by atoms with Crippen molar-refractivity contribution >= 4 is 30.7 Å². The van der Waals surface area contributed by atoms with Crippen LogP contribution in [0.15, 0.2) is 6.20 Å². The fourth-order valence-corrected chi connectivity index (χ4v) is 2.65. The molecule has 0 radical (unpaired) electrons. The van der Waals surface area contributed by atoms with E-state index in [1.54, 1.807) is 0 Å². The van der Waals surface area contributed by atoms with Crippen molar-refractivity contribution in [2.75, 3.05) is 6.61 Å². The first-order valence-electron chi connectivity index (χ1n) is 6.26. The molecule has 2 aromatic rings. The molecular formula is C12H17ClFN3O2Si. The molecule has 0 saturated carbocycles. The second-order valence-electron chi connectivity index (χ2n) is 5.81. The number of fused-ring (bicyclic) bond motifs is 1. The summed E-state index contributed by atoms with van der Waals surface area (Å²) in [6, 6.07) is 1.02. The van der Waals surface area contributed by atoms with Gasteiger partial charge in [0.05, 0.1) is 0 Å². The fourth-order valence-electron chi connectivity index (χ4n) is 1.74. The molecular weight excluding hydrogens is 301 g/mol. The van der Waals surface area contributed by atoms with Crippen LogP contribution in [0.1, 0.15) is 0 Å². The van der Waals surface area contributed by atoms with E-state index in [0.29, 0.717) is 6.61 Å². The minimum absolute atomic E-state index is 0.0387. The van der Waals surface area contributed by atoms with E-state index >= 15 is 0 Å². The van der Waals surface area contributed by atoms with E-state index in [1.807, 2.05) is 0 Å². The molecule has 0 spiro atoms. The van der Waals surface area contributed by atoms with Crippen LogP contribution in [0.25, 0.3) is 11.0 Å². The highest BCUT2D eigenvalue weighted by molar-refractivity contribution is 6.76. The zero-order chi connectivity index (χ0) is 14.9. The van der Waals surface area contributed by atoms with Crippen molar-refractivity contribution in [2.45, 2.75) is 32.4 Å². The number of ether oxygens (including phenoxy) is 1. The summed E-state index contributed by atoms with van der Waals surface area (Å²) in [5.41, 5.74) is 0.230. The summed E-state index contributed by atoms with van der Waals surface area (Å²) < 4.78 is 20.8. The summed E-state index contributed by atoms with van der Waals surface area (Å²) in [7, 11) is -1.16. The zero-order valence-electron chi connectivity index (χ0n) is 11.7. The second kappa shape index (κ2) is 5.67. The van der Waals surface area contributed by atoms with Gasteiger partial charge in [-0.1, -0.05) is 19.6 Å². The molecule has 20 heavy (non-hydrogen) atoms. The predicted octanol–water partition coefficient (Wildman–Crippen LogP) is 3.24. The van der Waals surface area contributed by atoms with Crippen molar-refractivity contribution < 1.29 is 14.2 Å². The number of aromatic hydroxyl groups is 1. The standard InChI is InChI=1S/C12H17ClFN3O2Si/c1-20(2,3)5-4-19-7-17-6-8(14)9-10(17)15-12(13)16-11(9)18/h6H,4-5,7H2,1-3H3,(H,15,16,18). The Morgan fingerprint density at radius 2 is 2.10 bits per heavy atom. The molecule has 0 atom stereocenters. The molecule has 0 saturated heterocycles. The van der Waals surface area contributed by atoms with Crippen LogP contribution in [0, 0.1) is 5.82 Å². The number of nitrogens with zero attached hydrogens (tertiary/aromatic N) is 3. The first-order valence-corrected chi connectivity index (χ1v) is 10.3. The SMILES string of the molecule is C[Si](C)(C)CCOCn1cc(F)c2c(O)nc(Cl)nc21. The lowest BCUT2D eigenvalue weighted by Crippen LogP contribution is -2.22. The average Bonchev–Trinajstić information content (AvgIpc) is 2.60. The number of rotatable bonds is 5. The number of halogens is 2. The van der Waals surface area contributed by atoms with E-state index < -0.39 is 19.8 Å². The first-order chi connectivity index (χ1) is 9.28. The van der Waals surface area contributed by atoms with Crippen LogP contribution in [0.3, 0.4) is 0 Å². The molecule has 5 nitrogen and oxygen atoms in total. The molecule has 0 aliphatic carbocycles. The van der Waals surface area contributed by atoms with E-state index in [2.05, 4.69) is 29.6 Å². The molecule has 1 N–H and O–H groups in total. The van der Waals surface area contributed by atoms with Crippen molar-refractivity contribution in [1.82, 2.24) is 14.5 Å². The van der Waals surface area contributed by atoms with E-state index in [4.69, 9.17) is 16.3 Å². The minimum Gasteiger partial charge on any atom is -0.493 e. The molecule has 8 heteroatoms. The van der Waals surface area contributed by atoms with E-state index in [9.17, 15) is 9.50 Å². The van der Waals surface area contributed by atoms with Gasteiger partial charge in [0.1, 0.15) is 12.1 Å².